The first-order chi connectivity index (χ1) is 11.0. The third kappa shape index (κ3) is 3.31. The summed E-state index contributed by atoms with van der Waals surface area (Å²) in [5.74, 6) is -0.480. The minimum absolute atomic E-state index is 0.0682. The highest BCUT2D eigenvalue weighted by molar-refractivity contribution is 5.94. The molecule has 0 aliphatic carbocycles. The van der Waals surface area contributed by atoms with Gasteiger partial charge in [0, 0.05) is 36.5 Å². The number of aryl methyl sites for hydroxylation is 1. The maximum atomic E-state index is 13.7. The Bertz CT molecular complexity index is 787. The Labute approximate surface area is 133 Å². The molecule has 2 aromatic rings. The SMILES string of the molecule is Cc1ccc(C(=O)N2CCC[C@@H](c3ccnc(=O)[nH]3)C2)cc1F. The van der Waals surface area contributed by atoms with Gasteiger partial charge in [-0.15, -0.1) is 0 Å². The molecule has 120 valence electrons. The largest absolute Gasteiger partial charge is 0.345 e. The molecule has 1 aliphatic heterocycles. The fourth-order valence-electron chi connectivity index (χ4n) is 2.94. The van der Waals surface area contributed by atoms with Crippen LogP contribution in [0.5, 0.6) is 0 Å². The lowest BCUT2D eigenvalue weighted by Gasteiger charge is -2.32. The van der Waals surface area contributed by atoms with Crippen LogP contribution in [0.4, 0.5) is 4.39 Å². The Morgan fingerprint density at radius 2 is 2.22 bits per heavy atom. The summed E-state index contributed by atoms with van der Waals surface area (Å²) in [6.07, 6.45) is 3.21. The topological polar surface area (TPSA) is 66.1 Å². The second-order valence-corrected chi connectivity index (χ2v) is 5.88. The van der Waals surface area contributed by atoms with Gasteiger partial charge in [-0.25, -0.2) is 14.2 Å². The van der Waals surface area contributed by atoms with Crippen molar-refractivity contribution in [2.45, 2.75) is 25.7 Å². The number of hydrogen-bond acceptors (Lipinski definition) is 3. The molecule has 1 amide bonds. The molecule has 1 saturated heterocycles. The molecule has 1 aromatic heterocycles. The highest BCUT2D eigenvalue weighted by Crippen LogP contribution is 2.26. The van der Waals surface area contributed by atoms with Crippen LogP contribution in [0.1, 0.15) is 40.4 Å². The smallest absolute Gasteiger partial charge is 0.338 e. The summed E-state index contributed by atoms with van der Waals surface area (Å²) < 4.78 is 13.7. The molecular formula is C17H18FN3O2. The van der Waals surface area contributed by atoms with Crippen LogP contribution in [0.2, 0.25) is 0 Å². The molecule has 6 heteroatoms. The first-order valence-electron chi connectivity index (χ1n) is 7.65. The number of likely N-dealkylation sites (tertiary alicyclic amines) is 1. The number of piperidine rings is 1. The number of H-pyrrole nitrogens is 1. The zero-order chi connectivity index (χ0) is 16.4. The summed E-state index contributed by atoms with van der Waals surface area (Å²) in [6, 6.07) is 6.32. The van der Waals surface area contributed by atoms with Gasteiger partial charge >= 0.3 is 5.69 Å². The number of carbonyl (C=O) groups is 1. The van der Waals surface area contributed by atoms with Crippen LogP contribution in [-0.2, 0) is 0 Å². The maximum Gasteiger partial charge on any atom is 0.345 e. The van der Waals surface area contributed by atoms with E-state index in [1.54, 1.807) is 30.0 Å². The average Bonchev–Trinajstić information content (AvgIpc) is 2.57. The van der Waals surface area contributed by atoms with Crippen LogP contribution in [0.3, 0.4) is 0 Å². The van der Waals surface area contributed by atoms with Gasteiger partial charge in [-0.05, 0) is 43.5 Å². The minimum Gasteiger partial charge on any atom is -0.338 e. The first kappa shape index (κ1) is 15.4. The monoisotopic (exact) mass is 315 g/mol. The summed E-state index contributed by atoms with van der Waals surface area (Å²) in [6.45, 7) is 2.81. The van der Waals surface area contributed by atoms with Gasteiger partial charge in [0.25, 0.3) is 5.91 Å². The van der Waals surface area contributed by atoms with Gasteiger partial charge in [0.1, 0.15) is 5.82 Å². The van der Waals surface area contributed by atoms with Crippen LogP contribution in [0.25, 0.3) is 0 Å². The molecule has 3 rings (SSSR count). The van der Waals surface area contributed by atoms with Crippen molar-refractivity contribution in [3.63, 3.8) is 0 Å². The Kier molecular flexibility index (Phi) is 4.23. The van der Waals surface area contributed by atoms with Crippen molar-refractivity contribution in [1.29, 1.82) is 0 Å². The summed E-state index contributed by atoms with van der Waals surface area (Å²) in [5, 5.41) is 0. The van der Waals surface area contributed by atoms with E-state index in [1.807, 2.05) is 0 Å². The molecule has 0 saturated carbocycles. The molecule has 1 atom stereocenters. The predicted molar refractivity (Wildman–Crippen MR) is 83.9 cm³/mol. The number of aromatic nitrogens is 2. The summed E-state index contributed by atoms with van der Waals surface area (Å²) in [7, 11) is 0. The number of aromatic amines is 1. The van der Waals surface area contributed by atoms with E-state index >= 15 is 0 Å². The second-order valence-electron chi connectivity index (χ2n) is 5.88. The lowest BCUT2D eigenvalue weighted by molar-refractivity contribution is 0.0705. The van der Waals surface area contributed by atoms with E-state index in [9.17, 15) is 14.0 Å². The Balaban J connectivity index is 1.79. The summed E-state index contributed by atoms with van der Waals surface area (Å²) >= 11 is 0. The molecule has 0 bridgehead atoms. The minimum atomic E-state index is -0.383. The van der Waals surface area contributed by atoms with E-state index in [2.05, 4.69) is 9.97 Å². The first-order valence-corrected chi connectivity index (χ1v) is 7.65. The molecule has 1 aliphatic rings. The summed E-state index contributed by atoms with van der Waals surface area (Å²) in [4.78, 5) is 32.0. The van der Waals surface area contributed by atoms with Crippen LogP contribution >= 0.6 is 0 Å². The molecule has 1 aromatic carbocycles. The van der Waals surface area contributed by atoms with Crippen LogP contribution in [0.15, 0.2) is 35.3 Å². The number of nitrogens with zero attached hydrogens (tertiary/aromatic N) is 2. The average molecular weight is 315 g/mol. The van der Waals surface area contributed by atoms with Gasteiger partial charge < -0.3 is 9.88 Å². The third-order valence-corrected chi connectivity index (χ3v) is 4.26. The zero-order valence-corrected chi connectivity index (χ0v) is 12.9. The second kappa shape index (κ2) is 6.32. The highest BCUT2D eigenvalue weighted by Gasteiger charge is 2.26. The number of benzene rings is 1. The van der Waals surface area contributed by atoms with Crippen molar-refractivity contribution in [3.8, 4) is 0 Å². The Morgan fingerprint density at radius 3 is 2.96 bits per heavy atom. The van der Waals surface area contributed by atoms with Gasteiger partial charge in [-0.3, -0.25) is 4.79 Å². The number of amides is 1. The van der Waals surface area contributed by atoms with Crippen LogP contribution in [0, 0.1) is 12.7 Å². The fourth-order valence-corrected chi connectivity index (χ4v) is 2.94. The highest BCUT2D eigenvalue weighted by atomic mass is 19.1. The van der Waals surface area contributed by atoms with Crippen molar-refractivity contribution < 1.29 is 9.18 Å². The van der Waals surface area contributed by atoms with E-state index in [-0.39, 0.29) is 23.3 Å². The van der Waals surface area contributed by atoms with Gasteiger partial charge in [0.2, 0.25) is 0 Å². The molecule has 23 heavy (non-hydrogen) atoms. The molecule has 0 radical (unpaired) electrons. The number of nitrogens with one attached hydrogen (secondary N) is 1. The van der Waals surface area contributed by atoms with E-state index in [0.29, 0.717) is 24.2 Å². The van der Waals surface area contributed by atoms with E-state index in [1.165, 1.54) is 12.3 Å². The molecule has 5 nitrogen and oxygen atoms in total. The molecular weight excluding hydrogens is 297 g/mol. The maximum absolute atomic E-state index is 13.7. The standard InChI is InChI=1S/C17H18FN3O2/c1-11-4-5-12(9-14(11)18)16(22)21-8-2-3-13(10-21)15-6-7-19-17(23)20-15/h4-7,9,13H,2-3,8,10H2,1H3,(H,19,20,23)/t13-/m1/s1. The van der Waals surface area contributed by atoms with E-state index < -0.39 is 0 Å². The van der Waals surface area contributed by atoms with Gasteiger partial charge in [0.05, 0.1) is 0 Å². The van der Waals surface area contributed by atoms with E-state index in [4.69, 9.17) is 0 Å². The normalized spacial score (nSPS) is 18.0. The van der Waals surface area contributed by atoms with Crippen molar-refractivity contribution in [2.75, 3.05) is 13.1 Å². The van der Waals surface area contributed by atoms with Crippen LogP contribution in [-0.4, -0.2) is 33.9 Å². The van der Waals surface area contributed by atoms with Crippen molar-refractivity contribution >= 4 is 5.91 Å². The third-order valence-electron chi connectivity index (χ3n) is 4.26. The van der Waals surface area contributed by atoms with Crippen LogP contribution < -0.4 is 5.69 Å². The fraction of sp³-hybridized carbons (Fsp3) is 0.353. The number of halogens is 1. The molecule has 2 heterocycles. The van der Waals surface area contributed by atoms with Gasteiger partial charge in [0.15, 0.2) is 0 Å². The number of hydrogen-bond donors (Lipinski definition) is 1. The lowest BCUT2D eigenvalue weighted by atomic mass is 9.94. The Hall–Kier alpha value is -2.50. The Morgan fingerprint density at radius 1 is 1.39 bits per heavy atom. The molecule has 0 spiro atoms. The molecule has 1 fully saturated rings. The number of rotatable bonds is 2. The summed E-state index contributed by atoms with van der Waals surface area (Å²) in [5.41, 5.74) is 1.29. The van der Waals surface area contributed by atoms with Gasteiger partial charge in [-0.1, -0.05) is 6.07 Å². The lowest BCUT2D eigenvalue weighted by Crippen LogP contribution is -2.39. The predicted octanol–water partition coefficient (Wildman–Crippen LogP) is 2.24. The zero-order valence-electron chi connectivity index (χ0n) is 12.9. The molecule has 0 unspecified atom stereocenters. The van der Waals surface area contributed by atoms with Crippen molar-refractivity contribution in [1.82, 2.24) is 14.9 Å². The van der Waals surface area contributed by atoms with Crippen molar-refractivity contribution in [2.24, 2.45) is 0 Å². The quantitative estimate of drug-likeness (QED) is 0.924. The van der Waals surface area contributed by atoms with E-state index in [0.717, 1.165) is 18.5 Å². The number of carbonyl (C=O) groups excluding carboxylic acids is 1. The molecule has 1 N–H and O–H groups in total. The van der Waals surface area contributed by atoms with Gasteiger partial charge in [-0.2, -0.15) is 0 Å². The van der Waals surface area contributed by atoms with Crippen molar-refractivity contribution in [3.05, 3.63) is 63.6 Å².